The van der Waals surface area contributed by atoms with Crippen LogP contribution in [0.4, 0.5) is 24.5 Å². The number of amides is 1. The summed E-state index contributed by atoms with van der Waals surface area (Å²) in [6.07, 6.45) is -6.45. The molecular formula is C15H15F3N2O7S. The second kappa shape index (κ2) is 7.73. The van der Waals surface area contributed by atoms with E-state index in [0.717, 1.165) is 19.1 Å². The molecule has 0 aromatic heterocycles. The number of ether oxygens (including phenoxy) is 1. The van der Waals surface area contributed by atoms with E-state index in [4.69, 9.17) is 4.74 Å². The number of nitro groups is 1. The maximum Gasteiger partial charge on any atom is 0.418 e. The van der Waals surface area contributed by atoms with Gasteiger partial charge in [0.15, 0.2) is 15.9 Å². The van der Waals surface area contributed by atoms with Crippen molar-refractivity contribution >= 4 is 33.1 Å². The lowest BCUT2D eigenvalue weighted by atomic mass is 10.1. The quantitative estimate of drug-likeness (QED) is 0.434. The van der Waals surface area contributed by atoms with Gasteiger partial charge in [-0.25, -0.2) is 8.42 Å². The zero-order valence-electron chi connectivity index (χ0n) is 14.4. The van der Waals surface area contributed by atoms with E-state index < -0.39 is 67.5 Å². The number of hydrogen-bond donors (Lipinski definition) is 1. The van der Waals surface area contributed by atoms with Crippen LogP contribution in [0.2, 0.25) is 0 Å². The minimum Gasteiger partial charge on any atom is -0.452 e. The molecule has 1 N–H and O–H groups in total. The van der Waals surface area contributed by atoms with Gasteiger partial charge >= 0.3 is 12.1 Å². The maximum absolute atomic E-state index is 13.1. The highest BCUT2D eigenvalue weighted by molar-refractivity contribution is 7.91. The molecule has 1 aromatic rings. The van der Waals surface area contributed by atoms with Crippen molar-refractivity contribution in [3.8, 4) is 0 Å². The number of anilines is 1. The highest BCUT2D eigenvalue weighted by atomic mass is 32.2. The Morgan fingerprint density at radius 1 is 1.36 bits per heavy atom. The van der Waals surface area contributed by atoms with Crippen LogP contribution in [0.25, 0.3) is 0 Å². The molecule has 154 valence electrons. The second-order valence-electron chi connectivity index (χ2n) is 6.15. The Kier molecular flexibility index (Phi) is 5.97. The van der Waals surface area contributed by atoms with E-state index in [1.54, 1.807) is 0 Å². The molecule has 28 heavy (non-hydrogen) atoms. The van der Waals surface area contributed by atoms with Gasteiger partial charge in [0.05, 0.1) is 33.6 Å². The normalized spacial score (nSPS) is 19.6. The third-order valence-electron chi connectivity index (χ3n) is 4.01. The molecule has 1 aromatic carbocycles. The van der Waals surface area contributed by atoms with Crippen molar-refractivity contribution in [2.24, 2.45) is 5.92 Å². The number of alkyl halides is 3. The summed E-state index contributed by atoms with van der Waals surface area (Å²) in [6.45, 7) is 1.11. The molecule has 0 bridgehead atoms. The highest BCUT2D eigenvalue weighted by Gasteiger charge is 2.37. The molecule has 2 atom stereocenters. The zero-order chi connectivity index (χ0) is 21.3. The first-order chi connectivity index (χ1) is 12.8. The van der Waals surface area contributed by atoms with Gasteiger partial charge in [0.25, 0.3) is 11.6 Å². The first-order valence-corrected chi connectivity index (χ1v) is 9.70. The van der Waals surface area contributed by atoms with Gasteiger partial charge in [-0.15, -0.1) is 0 Å². The van der Waals surface area contributed by atoms with Crippen molar-refractivity contribution < 1.29 is 40.8 Å². The molecule has 1 aliphatic rings. The summed E-state index contributed by atoms with van der Waals surface area (Å²) in [5.41, 5.74) is -2.99. The van der Waals surface area contributed by atoms with Gasteiger partial charge in [-0.05, 0) is 19.4 Å². The smallest absolute Gasteiger partial charge is 0.418 e. The molecule has 2 unspecified atom stereocenters. The van der Waals surface area contributed by atoms with Crippen molar-refractivity contribution in [2.75, 3.05) is 16.8 Å². The Balaban J connectivity index is 2.11. The van der Waals surface area contributed by atoms with Crippen molar-refractivity contribution in [3.05, 3.63) is 33.9 Å². The number of nitro benzene ring substituents is 1. The van der Waals surface area contributed by atoms with Gasteiger partial charge in [0.2, 0.25) is 0 Å². The summed E-state index contributed by atoms with van der Waals surface area (Å²) >= 11 is 0. The molecule has 1 aliphatic heterocycles. The largest absolute Gasteiger partial charge is 0.452 e. The van der Waals surface area contributed by atoms with E-state index >= 15 is 0 Å². The van der Waals surface area contributed by atoms with E-state index in [-0.39, 0.29) is 18.2 Å². The Hall–Kier alpha value is -2.70. The standard InChI is InChI=1S/C15H15F3N2O7S/c1-8(27-14(22)9-4-5-28(25,26)7-9)13(21)19-12-3-2-10(20(23)24)6-11(12)15(16,17)18/h2-3,6,8-9H,4-5,7H2,1H3,(H,19,21). The van der Waals surface area contributed by atoms with Crippen molar-refractivity contribution in [2.45, 2.75) is 25.6 Å². The lowest BCUT2D eigenvalue weighted by molar-refractivity contribution is -0.385. The van der Waals surface area contributed by atoms with E-state index in [2.05, 4.69) is 0 Å². The Morgan fingerprint density at radius 2 is 2.00 bits per heavy atom. The lowest BCUT2D eigenvalue weighted by Crippen LogP contribution is -2.33. The van der Waals surface area contributed by atoms with Crippen LogP contribution < -0.4 is 5.32 Å². The van der Waals surface area contributed by atoms with Crippen molar-refractivity contribution in [1.29, 1.82) is 0 Å². The summed E-state index contributed by atoms with van der Waals surface area (Å²) in [6, 6.07) is 1.78. The molecule has 1 fully saturated rings. The lowest BCUT2D eigenvalue weighted by Gasteiger charge is -2.18. The number of nitrogens with one attached hydrogen (secondary N) is 1. The third kappa shape index (κ3) is 5.18. The van der Waals surface area contributed by atoms with E-state index in [0.29, 0.717) is 0 Å². The summed E-state index contributed by atoms with van der Waals surface area (Å²) in [7, 11) is -3.36. The topological polar surface area (TPSA) is 133 Å². The summed E-state index contributed by atoms with van der Waals surface area (Å²) < 4.78 is 66.9. The Morgan fingerprint density at radius 3 is 2.50 bits per heavy atom. The average Bonchev–Trinajstić information content (AvgIpc) is 2.94. The number of benzene rings is 1. The van der Waals surface area contributed by atoms with E-state index in [9.17, 15) is 41.3 Å². The molecule has 0 spiro atoms. The van der Waals surface area contributed by atoms with Crippen molar-refractivity contribution in [1.82, 2.24) is 0 Å². The van der Waals surface area contributed by atoms with Gasteiger partial charge in [-0.3, -0.25) is 19.7 Å². The first-order valence-electron chi connectivity index (χ1n) is 7.87. The predicted molar refractivity (Wildman–Crippen MR) is 89.0 cm³/mol. The maximum atomic E-state index is 13.1. The van der Waals surface area contributed by atoms with Gasteiger partial charge in [-0.1, -0.05) is 0 Å². The molecule has 1 amide bonds. The van der Waals surface area contributed by atoms with Crippen LogP contribution in [-0.4, -0.2) is 42.8 Å². The number of carbonyl (C=O) groups is 2. The van der Waals surface area contributed by atoms with Crippen LogP contribution in [0.3, 0.4) is 0 Å². The number of non-ortho nitro benzene ring substituents is 1. The van der Waals surface area contributed by atoms with Crippen LogP contribution >= 0.6 is 0 Å². The van der Waals surface area contributed by atoms with Crippen LogP contribution in [0.5, 0.6) is 0 Å². The molecule has 1 heterocycles. The molecule has 0 saturated carbocycles. The average molecular weight is 424 g/mol. The fraction of sp³-hybridized carbons (Fsp3) is 0.467. The van der Waals surface area contributed by atoms with Crippen molar-refractivity contribution in [3.63, 3.8) is 0 Å². The SMILES string of the molecule is CC(OC(=O)C1CCS(=O)(=O)C1)C(=O)Nc1ccc([N+](=O)[O-])cc1C(F)(F)F. The van der Waals surface area contributed by atoms with E-state index in [1.165, 1.54) is 0 Å². The first kappa shape index (κ1) is 21.6. The molecule has 13 heteroatoms. The van der Waals surface area contributed by atoms with Crippen LogP contribution in [-0.2, 0) is 30.3 Å². The number of nitrogens with zero attached hydrogens (tertiary/aromatic N) is 1. The Bertz CT molecular complexity index is 915. The van der Waals surface area contributed by atoms with Gasteiger partial charge in [0.1, 0.15) is 0 Å². The minimum atomic E-state index is -4.98. The summed E-state index contributed by atoms with van der Waals surface area (Å²) in [5.74, 6) is -3.59. The van der Waals surface area contributed by atoms with Gasteiger partial charge < -0.3 is 10.1 Å². The number of carbonyl (C=O) groups excluding carboxylic acids is 2. The summed E-state index contributed by atoms with van der Waals surface area (Å²) in [5, 5.41) is 12.6. The Labute approximate surface area is 156 Å². The number of sulfone groups is 1. The molecule has 0 radical (unpaired) electrons. The van der Waals surface area contributed by atoms with Crippen LogP contribution in [0.1, 0.15) is 18.9 Å². The molecule has 1 saturated heterocycles. The minimum absolute atomic E-state index is 0.0378. The molecule has 2 rings (SSSR count). The number of esters is 1. The summed E-state index contributed by atoms with van der Waals surface area (Å²) in [4.78, 5) is 33.7. The fourth-order valence-corrected chi connectivity index (χ4v) is 4.25. The van der Waals surface area contributed by atoms with E-state index in [1.807, 2.05) is 5.32 Å². The zero-order valence-corrected chi connectivity index (χ0v) is 15.2. The van der Waals surface area contributed by atoms with Crippen LogP contribution in [0, 0.1) is 16.0 Å². The number of halogens is 3. The molecule has 0 aliphatic carbocycles. The third-order valence-corrected chi connectivity index (χ3v) is 5.77. The van der Waals surface area contributed by atoms with Crippen LogP contribution in [0.15, 0.2) is 18.2 Å². The fourth-order valence-electron chi connectivity index (χ4n) is 2.53. The second-order valence-corrected chi connectivity index (χ2v) is 8.38. The number of rotatable bonds is 5. The molecule has 9 nitrogen and oxygen atoms in total. The van der Waals surface area contributed by atoms with Gasteiger partial charge in [-0.2, -0.15) is 13.2 Å². The molecular weight excluding hydrogens is 409 g/mol. The predicted octanol–water partition coefficient (Wildman–Crippen LogP) is 1.92. The monoisotopic (exact) mass is 424 g/mol. The highest BCUT2D eigenvalue weighted by Crippen LogP contribution is 2.37. The number of hydrogen-bond acceptors (Lipinski definition) is 7. The van der Waals surface area contributed by atoms with Gasteiger partial charge in [0, 0.05) is 12.1 Å².